The van der Waals surface area contributed by atoms with E-state index in [1.54, 1.807) is 6.92 Å². The van der Waals surface area contributed by atoms with Crippen LogP contribution in [0, 0.1) is 12.8 Å². The molecule has 1 amide bonds. The lowest BCUT2D eigenvalue weighted by Crippen LogP contribution is -2.32. The molecule has 0 bridgehead atoms. The van der Waals surface area contributed by atoms with Gasteiger partial charge in [-0.2, -0.15) is 4.98 Å². The fourth-order valence-corrected chi connectivity index (χ4v) is 3.41. The summed E-state index contributed by atoms with van der Waals surface area (Å²) in [6.45, 7) is 8.30. The summed E-state index contributed by atoms with van der Waals surface area (Å²) in [4.78, 5) is 17.7. The SMILES string of the molecule is Cc1noc(CSc2ccccc2C(=O)NC(C)CCCC(C)C)n1. The third kappa shape index (κ3) is 6.53. The van der Waals surface area contributed by atoms with E-state index in [9.17, 15) is 4.79 Å². The number of hydrogen-bond donors (Lipinski definition) is 1. The van der Waals surface area contributed by atoms with Crippen molar-refractivity contribution in [2.24, 2.45) is 5.92 Å². The monoisotopic (exact) mass is 361 g/mol. The number of carbonyl (C=O) groups excluding carboxylic acids is 1. The van der Waals surface area contributed by atoms with E-state index in [0.29, 0.717) is 28.9 Å². The first-order valence-corrected chi connectivity index (χ1v) is 9.76. The zero-order valence-corrected chi connectivity index (χ0v) is 16.2. The minimum absolute atomic E-state index is 0.0261. The van der Waals surface area contributed by atoms with E-state index in [1.807, 2.05) is 24.3 Å². The molecule has 0 saturated heterocycles. The number of aryl methyl sites for hydroxylation is 1. The standard InChI is InChI=1S/C19H27N3O2S/c1-13(2)8-7-9-14(3)20-19(23)16-10-5-6-11-17(16)25-12-18-21-15(4)22-24-18/h5-6,10-11,13-14H,7-9,12H2,1-4H3,(H,20,23). The fraction of sp³-hybridized carbons (Fsp3) is 0.526. The van der Waals surface area contributed by atoms with Crippen LogP contribution >= 0.6 is 11.8 Å². The Hall–Kier alpha value is -1.82. The van der Waals surface area contributed by atoms with Crippen molar-refractivity contribution in [3.8, 4) is 0 Å². The number of aromatic nitrogens is 2. The molecule has 1 aromatic heterocycles. The summed E-state index contributed by atoms with van der Waals surface area (Å²) in [5.74, 6) is 2.42. The highest BCUT2D eigenvalue weighted by atomic mass is 32.2. The zero-order chi connectivity index (χ0) is 18.2. The second kappa shape index (κ2) is 9.61. The van der Waals surface area contributed by atoms with Crippen LogP contribution in [0.5, 0.6) is 0 Å². The topological polar surface area (TPSA) is 68.0 Å². The van der Waals surface area contributed by atoms with Crippen LogP contribution in [-0.2, 0) is 5.75 Å². The molecular formula is C19H27N3O2S. The molecule has 136 valence electrons. The van der Waals surface area contributed by atoms with Gasteiger partial charge in [-0.05, 0) is 38.3 Å². The summed E-state index contributed by atoms with van der Waals surface area (Å²) < 4.78 is 5.13. The molecule has 1 atom stereocenters. The summed E-state index contributed by atoms with van der Waals surface area (Å²) in [5, 5.41) is 6.90. The molecule has 1 N–H and O–H groups in total. The third-order valence-corrected chi connectivity index (χ3v) is 4.91. The molecule has 0 spiro atoms. The highest BCUT2D eigenvalue weighted by Gasteiger charge is 2.15. The molecule has 1 aromatic carbocycles. The molecule has 5 nitrogen and oxygen atoms in total. The Bertz CT molecular complexity index is 685. The smallest absolute Gasteiger partial charge is 0.252 e. The van der Waals surface area contributed by atoms with Gasteiger partial charge in [-0.15, -0.1) is 11.8 Å². The maximum atomic E-state index is 12.6. The van der Waals surface area contributed by atoms with Gasteiger partial charge in [-0.3, -0.25) is 4.79 Å². The Balaban J connectivity index is 1.92. The van der Waals surface area contributed by atoms with Crippen molar-refractivity contribution in [3.63, 3.8) is 0 Å². The van der Waals surface area contributed by atoms with Crippen molar-refractivity contribution < 1.29 is 9.32 Å². The molecule has 0 aliphatic rings. The van der Waals surface area contributed by atoms with Crippen molar-refractivity contribution >= 4 is 17.7 Å². The third-order valence-electron chi connectivity index (χ3n) is 3.85. The van der Waals surface area contributed by atoms with E-state index >= 15 is 0 Å². The van der Waals surface area contributed by atoms with Crippen LogP contribution in [-0.4, -0.2) is 22.1 Å². The van der Waals surface area contributed by atoms with E-state index in [0.717, 1.165) is 17.7 Å². The quantitative estimate of drug-likeness (QED) is 0.660. The average Bonchev–Trinajstić information content (AvgIpc) is 2.98. The van der Waals surface area contributed by atoms with Gasteiger partial charge in [-0.25, -0.2) is 0 Å². The van der Waals surface area contributed by atoms with E-state index in [-0.39, 0.29) is 11.9 Å². The molecule has 1 unspecified atom stereocenters. The Kier molecular flexibility index (Phi) is 7.50. The van der Waals surface area contributed by atoms with E-state index in [1.165, 1.54) is 18.2 Å². The molecule has 1 heterocycles. The second-order valence-corrected chi connectivity index (χ2v) is 7.74. The van der Waals surface area contributed by atoms with Gasteiger partial charge in [0.05, 0.1) is 11.3 Å². The van der Waals surface area contributed by atoms with Gasteiger partial charge < -0.3 is 9.84 Å². The van der Waals surface area contributed by atoms with E-state index in [4.69, 9.17) is 4.52 Å². The maximum Gasteiger partial charge on any atom is 0.252 e. The minimum Gasteiger partial charge on any atom is -0.350 e. The Morgan fingerprint density at radius 1 is 1.24 bits per heavy atom. The molecule has 2 aromatic rings. The number of nitrogens with zero attached hydrogens (tertiary/aromatic N) is 2. The van der Waals surface area contributed by atoms with Crippen molar-refractivity contribution in [2.75, 3.05) is 0 Å². The van der Waals surface area contributed by atoms with E-state index in [2.05, 4.69) is 36.2 Å². The lowest BCUT2D eigenvalue weighted by atomic mass is 10.0. The van der Waals surface area contributed by atoms with Crippen LogP contribution in [0.1, 0.15) is 62.1 Å². The summed E-state index contributed by atoms with van der Waals surface area (Å²) in [6.07, 6.45) is 3.32. The van der Waals surface area contributed by atoms with Gasteiger partial charge in [0.15, 0.2) is 5.82 Å². The predicted molar refractivity (Wildman–Crippen MR) is 101 cm³/mol. The van der Waals surface area contributed by atoms with E-state index < -0.39 is 0 Å². The number of benzene rings is 1. The normalized spacial score (nSPS) is 12.4. The average molecular weight is 362 g/mol. The fourth-order valence-electron chi connectivity index (χ4n) is 2.52. The van der Waals surface area contributed by atoms with Crippen molar-refractivity contribution in [1.82, 2.24) is 15.5 Å². The van der Waals surface area contributed by atoms with Gasteiger partial charge in [0.1, 0.15) is 0 Å². The summed E-state index contributed by atoms with van der Waals surface area (Å²) >= 11 is 1.53. The predicted octanol–water partition coefficient (Wildman–Crippen LogP) is 4.61. The number of rotatable bonds is 9. The first-order valence-electron chi connectivity index (χ1n) is 8.77. The summed E-state index contributed by atoms with van der Waals surface area (Å²) in [6, 6.07) is 7.80. The number of nitrogens with one attached hydrogen (secondary N) is 1. The molecular weight excluding hydrogens is 334 g/mol. The lowest BCUT2D eigenvalue weighted by Gasteiger charge is -2.16. The summed E-state index contributed by atoms with van der Waals surface area (Å²) in [5.41, 5.74) is 0.694. The number of carbonyl (C=O) groups is 1. The molecule has 0 aliphatic heterocycles. The molecule has 0 saturated carbocycles. The Morgan fingerprint density at radius 2 is 2.00 bits per heavy atom. The van der Waals surface area contributed by atoms with Crippen LogP contribution in [0.2, 0.25) is 0 Å². The van der Waals surface area contributed by atoms with Crippen LogP contribution < -0.4 is 5.32 Å². The maximum absolute atomic E-state index is 12.6. The largest absolute Gasteiger partial charge is 0.350 e. The molecule has 25 heavy (non-hydrogen) atoms. The first-order chi connectivity index (χ1) is 12.0. The van der Waals surface area contributed by atoms with Crippen molar-refractivity contribution in [3.05, 3.63) is 41.5 Å². The van der Waals surface area contributed by atoms with Crippen molar-refractivity contribution in [1.29, 1.82) is 0 Å². The van der Waals surface area contributed by atoms with Gasteiger partial charge in [0.2, 0.25) is 5.89 Å². The lowest BCUT2D eigenvalue weighted by molar-refractivity contribution is 0.0935. The van der Waals surface area contributed by atoms with Gasteiger partial charge >= 0.3 is 0 Å². The Labute approximate surface area is 154 Å². The molecule has 0 fully saturated rings. The van der Waals surface area contributed by atoms with Crippen LogP contribution in [0.3, 0.4) is 0 Å². The van der Waals surface area contributed by atoms with Crippen LogP contribution in [0.4, 0.5) is 0 Å². The second-order valence-electron chi connectivity index (χ2n) is 6.72. The van der Waals surface area contributed by atoms with Gasteiger partial charge in [-0.1, -0.05) is 44.0 Å². The number of thioether (sulfide) groups is 1. The molecule has 0 aliphatic carbocycles. The highest BCUT2D eigenvalue weighted by molar-refractivity contribution is 7.98. The molecule has 6 heteroatoms. The zero-order valence-electron chi connectivity index (χ0n) is 15.4. The van der Waals surface area contributed by atoms with Gasteiger partial charge in [0.25, 0.3) is 5.91 Å². The van der Waals surface area contributed by atoms with Crippen LogP contribution in [0.25, 0.3) is 0 Å². The first kappa shape index (κ1) is 19.5. The molecule has 2 rings (SSSR count). The summed E-state index contributed by atoms with van der Waals surface area (Å²) in [7, 11) is 0. The van der Waals surface area contributed by atoms with Crippen molar-refractivity contribution in [2.45, 2.75) is 63.6 Å². The van der Waals surface area contributed by atoms with Gasteiger partial charge in [0, 0.05) is 10.9 Å². The number of amides is 1. The number of hydrogen-bond acceptors (Lipinski definition) is 5. The van der Waals surface area contributed by atoms with Crippen LogP contribution in [0.15, 0.2) is 33.7 Å². The molecule has 0 radical (unpaired) electrons. The highest BCUT2D eigenvalue weighted by Crippen LogP contribution is 2.26. The Morgan fingerprint density at radius 3 is 2.68 bits per heavy atom. The minimum atomic E-state index is -0.0261.